The Labute approximate surface area is 201 Å². The van der Waals surface area contributed by atoms with E-state index in [1.807, 2.05) is 6.07 Å². The van der Waals surface area contributed by atoms with Crippen LogP contribution in [0, 0.1) is 31.6 Å². The lowest BCUT2D eigenvalue weighted by molar-refractivity contribution is -0.385. The number of nitriles is 1. The van der Waals surface area contributed by atoms with Crippen LogP contribution >= 0.6 is 0 Å². The molecule has 0 atom stereocenters. The normalized spacial score (nSPS) is 10.8. The van der Waals surface area contributed by atoms with Crippen molar-refractivity contribution in [3.63, 3.8) is 0 Å². The Morgan fingerprint density at radius 2 is 1.77 bits per heavy atom. The van der Waals surface area contributed by atoms with E-state index in [0.29, 0.717) is 40.2 Å². The third-order valence-electron chi connectivity index (χ3n) is 5.06. The molecule has 0 N–H and O–H groups in total. The molecule has 0 bridgehead atoms. The summed E-state index contributed by atoms with van der Waals surface area (Å²) in [6.07, 6.45) is 3.80. The maximum absolute atomic E-state index is 11.0. The molecule has 35 heavy (non-hydrogen) atoms. The molecular weight excluding hydrogens is 450 g/mol. The first-order valence-electron chi connectivity index (χ1n) is 10.4. The minimum atomic E-state index is -0.502. The number of nitrogens with zero attached hydrogens (tertiary/aromatic N) is 3. The van der Waals surface area contributed by atoms with Gasteiger partial charge in [-0.1, -0.05) is 18.2 Å². The molecule has 176 valence electrons. The molecule has 3 aromatic rings. The summed E-state index contributed by atoms with van der Waals surface area (Å²) in [6, 6.07) is 17.6. The van der Waals surface area contributed by atoms with Gasteiger partial charge in [0.25, 0.3) is 11.4 Å². The summed E-state index contributed by atoms with van der Waals surface area (Å²) in [4.78, 5) is 21.0. The van der Waals surface area contributed by atoms with Crippen molar-refractivity contribution < 1.29 is 19.3 Å². The first-order valence-corrected chi connectivity index (χ1v) is 10.4. The third kappa shape index (κ3) is 6.09. The molecule has 0 aliphatic rings. The summed E-state index contributed by atoms with van der Waals surface area (Å²) in [5.41, 5.74) is 2.80. The van der Waals surface area contributed by atoms with Gasteiger partial charge in [0.1, 0.15) is 6.61 Å². The molecule has 0 fully saturated rings. The minimum Gasteiger partial charge on any atom is -0.493 e. The van der Waals surface area contributed by atoms with Gasteiger partial charge in [-0.15, -0.1) is 6.58 Å². The molecule has 0 saturated heterocycles. The van der Waals surface area contributed by atoms with Crippen LogP contribution < -0.4 is 9.47 Å². The average molecular weight is 471 g/mol. The third-order valence-corrected chi connectivity index (χ3v) is 5.06. The van der Waals surface area contributed by atoms with Gasteiger partial charge in [0, 0.05) is 29.8 Å². The summed E-state index contributed by atoms with van der Waals surface area (Å²) < 4.78 is 11.5. The predicted molar refractivity (Wildman–Crippen MR) is 131 cm³/mol. The van der Waals surface area contributed by atoms with Crippen molar-refractivity contribution in [3.05, 3.63) is 116 Å². The van der Waals surface area contributed by atoms with Gasteiger partial charge in [-0.3, -0.25) is 20.2 Å². The fourth-order valence-corrected chi connectivity index (χ4v) is 3.41. The largest absolute Gasteiger partial charge is 0.493 e. The van der Waals surface area contributed by atoms with E-state index in [4.69, 9.17) is 9.47 Å². The number of benzene rings is 3. The van der Waals surface area contributed by atoms with Crippen LogP contribution in [0.4, 0.5) is 11.4 Å². The Morgan fingerprint density at radius 3 is 2.37 bits per heavy atom. The predicted octanol–water partition coefficient (Wildman–Crippen LogP) is 5.88. The molecule has 0 saturated carbocycles. The van der Waals surface area contributed by atoms with Crippen molar-refractivity contribution in [2.45, 2.75) is 13.0 Å². The van der Waals surface area contributed by atoms with Gasteiger partial charge in [-0.05, 0) is 53.5 Å². The number of hydrogen-bond acceptors (Lipinski definition) is 7. The summed E-state index contributed by atoms with van der Waals surface area (Å²) in [7, 11) is 1.49. The Balaban J connectivity index is 1.96. The number of nitro groups is 2. The summed E-state index contributed by atoms with van der Waals surface area (Å²) in [6.45, 7) is 3.87. The molecule has 3 aromatic carbocycles. The average Bonchev–Trinajstić information content (AvgIpc) is 2.86. The second-order valence-corrected chi connectivity index (χ2v) is 7.39. The zero-order chi connectivity index (χ0) is 25.4. The van der Waals surface area contributed by atoms with Crippen LogP contribution in [0.25, 0.3) is 11.6 Å². The zero-order valence-electron chi connectivity index (χ0n) is 18.8. The second kappa shape index (κ2) is 11.2. The van der Waals surface area contributed by atoms with Crippen molar-refractivity contribution in [2.75, 3.05) is 7.11 Å². The summed E-state index contributed by atoms with van der Waals surface area (Å²) in [5.74, 6) is 0.881. The van der Waals surface area contributed by atoms with E-state index in [9.17, 15) is 25.5 Å². The van der Waals surface area contributed by atoms with Crippen LogP contribution in [0.15, 0.2) is 73.3 Å². The highest BCUT2D eigenvalue weighted by Gasteiger charge is 2.15. The van der Waals surface area contributed by atoms with E-state index < -0.39 is 9.85 Å². The number of methoxy groups -OCH3 is 1. The Kier molecular flexibility index (Phi) is 7.93. The second-order valence-electron chi connectivity index (χ2n) is 7.39. The SMILES string of the molecule is C=CCc1cc(/C=C(/C#N)c2ccc([N+](=O)[O-])cc2)cc(OC)c1OCc1cccc([N+](=O)[O-])c1. The molecule has 3 rings (SSSR count). The lowest BCUT2D eigenvalue weighted by Gasteiger charge is -2.16. The standard InChI is InChI=1S/C26H21N3O6/c1-3-5-21-12-19(13-22(16-27)20-8-10-23(11-9-20)28(30)31)15-25(34-2)26(21)35-17-18-6-4-7-24(14-18)29(32)33/h3-4,6-15H,1,5,17H2,2H3/b22-13-. The number of ether oxygens (including phenoxy) is 2. The Hall–Kier alpha value is -4.97. The van der Waals surface area contributed by atoms with E-state index >= 15 is 0 Å². The van der Waals surface area contributed by atoms with E-state index in [0.717, 1.165) is 5.56 Å². The van der Waals surface area contributed by atoms with Gasteiger partial charge >= 0.3 is 0 Å². The molecule has 0 unspecified atom stereocenters. The number of nitro benzene ring substituents is 2. The Morgan fingerprint density at radius 1 is 1.06 bits per heavy atom. The number of allylic oxidation sites excluding steroid dienone is 2. The van der Waals surface area contributed by atoms with Gasteiger partial charge in [0.15, 0.2) is 11.5 Å². The highest BCUT2D eigenvalue weighted by Crippen LogP contribution is 2.35. The van der Waals surface area contributed by atoms with Crippen molar-refractivity contribution in [1.82, 2.24) is 0 Å². The number of rotatable bonds is 10. The molecule has 9 nitrogen and oxygen atoms in total. The van der Waals surface area contributed by atoms with Crippen LogP contribution in [0.3, 0.4) is 0 Å². The summed E-state index contributed by atoms with van der Waals surface area (Å²) >= 11 is 0. The fraction of sp³-hybridized carbons (Fsp3) is 0.115. The lowest BCUT2D eigenvalue weighted by atomic mass is 10.0. The molecule has 9 heteroatoms. The molecule has 0 amide bonds. The maximum Gasteiger partial charge on any atom is 0.269 e. The van der Waals surface area contributed by atoms with Crippen LogP contribution in [-0.4, -0.2) is 17.0 Å². The van der Waals surface area contributed by atoms with Gasteiger partial charge in [-0.2, -0.15) is 5.26 Å². The molecule has 0 aliphatic heterocycles. The van der Waals surface area contributed by atoms with E-state index in [1.54, 1.807) is 30.4 Å². The summed E-state index contributed by atoms with van der Waals surface area (Å²) in [5, 5.41) is 31.6. The van der Waals surface area contributed by atoms with Gasteiger partial charge in [0.05, 0.1) is 28.6 Å². The monoisotopic (exact) mass is 471 g/mol. The first kappa shape index (κ1) is 24.7. The molecule has 0 heterocycles. The maximum atomic E-state index is 11.0. The lowest BCUT2D eigenvalue weighted by Crippen LogP contribution is -2.02. The molecule has 0 aromatic heterocycles. The van der Waals surface area contributed by atoms with Crippen molar-refractivity contribution in [1.29, 1.82) is 5.26 Å². The van der Waals surface area contributed by atoms with Gasteiger partial charge < -0.3 is 9.47 Å². The van der Waals surface area contributed by atoms with E-state index in [-0.39, 0.29) is 18.0 Å². The van der Waals surface area contributed by atoms with Crippen LogP contribution in [0.5, 0.6) is 11.5 Å². The van der Waals surface area contributed by atoms with Crippen LogP contribution in [0.2, 0.25) is 0 Å². The van der Waals surface area contributed by atoms with Crippen molar-refractivity contribution >= 4 is 23.0 Å². The fourth-order valence-electron chi connectivity index (χ4n) is 3.41. The quantitative estimate of drug-likeness (QED) is 0.119. The molecule has 0 radical (unpaired) electrons. The zero-order valence-corrected chi connectivity index (χ0v) is 18.8. The highest BCUT2D eigenvalue weighted by molar-refractivity contribution is 5.90. The smallest absolute Gasteiger partial charge is 0.269 e. The molecule has 0 spiro atoms. The number of non-ortho nitro benzene ring substituents is 2. The molecule has 0 aliphatic carbocycles. The topological polar surface area (TPSA) is 129 Å². The van der Waals surface area contributed by atoms with Crippen LogP contribution in [-0.2, 0) is 13.0 Å². The van der Waals surface area contributed by atoms with Crippen molar-refractivity contribution in [3.8, 4) is 17.6 Å². The molecular formula is C26H21N3O6. The van der Waals surface area contributed by atoms with E-state index in [1.165, 1.54) is 43.5 Å². The first-order chi connectivity index (χ1) is 16.9. The minimum absolute atomic E-state index is 0.0276. The van der Waals surface area contributed by atoms with E-state index in [2.05, 4.69) is 12.6 Å². The highest BCUT2D eigenvalue weighted by atomic mass is 16.6. The van der Waals surface area contributed by atoms with Crippen LogP contribution in [0.1, 0.15) is 22.3 Å². The Bertz CT molecular complexity index is 1340. The van der Waals surface area contributed by atoms with Crippen molar-refractivity contribution in [2.24, 2.45) is 0 Å². The van der Waals surface area contributed by atoms with Gasteiger partial charge in [0.2, 0.25) is 0 Å². The number of hydrogen-bond donors (Lipinski definition) is 0. The van der Waals surface area contributed by atoms with Gasteiger partial charge in [-0.25, -0.2) is 0 Å².